The summed E-state index contributed by atoms with van der Waals surface area (Å²) in [5.74, 6) is -5.58. The molecule has 0 spiro atoms. The van der Waals surface area contributed by atoms with Crippen molar-refractivity contribution in [2.75, 3.05) is 18.9 Å². The van der Waals surface area contributed by atoms with Crippen LogP contribution in [0.3, 0.4) is 0 Å². The molecule has 1 atom stereocenters. The number of ether oxygens (including phenoxy) is 2. The molecule has 0 unspecified atom stereocenters. The molecule has 1 aromatic carbocycles. The topological polar surface area (TPSA) is 47.8 Å². The second kappa shape index (κ2) is 4.52. The van der Waals surface area contributed by atoms with Crippen LogP contribution in [0.25, 0.3) is 0 Å². The number of alkyl halides is 5. The van der Waals surface area contributed by atoms with E-state index in [1.54, 1.807) is 0 Å². The van der Waals surface area contributed by atoms with Crippen molar-refractivity contribution >= 4 is 5.69 Å². The summed E-state index contributed by atoms with van der Waals surface area (Å²) in [7, 11) is 0. The summed E-state index contributed by atoms with van der Waals surface area (Å²) in [6.45, 7) is 0.303. The van der Waals surface area contributed by atoms with E-state index in [1.807, 2.05) is 0 Å². The predicted octanol–water partition coefficient (Wildman–Crippen LogP) is 2.70. The molecule has 0 amide bonds. The highest BCUT2D eigenvalue weighted by Gasteiger charge is 2.60. The number of nitrogen functional groups attached to an aromatic ring is 1. The van der Waals surface area contributed by atoms with Crippen LogP contribution in [-0.4, -0.2) is 25.5 Å². The van der Waals surface area contributed by atoms with Gasteiger partial charge < -0.3 is 15.2 Å². The van der Waals surface area contributed by atoms with E-state index in [0.29, 0.717) is 12.7 Å². The Hall–Kier alpha value is -1.57. The third-order valence-electron chi connectivity index (χ3n) is 2.53. The molecule has 2 N–H and O–H groups in total. The first-order valence-electron chi connectivity index (χ1n) is 5.31. The fourth-order valence-electron chi connectivity index (χ4n) is 1.42. The number of epoxide rings is 1. The number of hydrogen-bond acceptors (Lipinski definition) is 3. The Labute approximate surface area is 105 Å². The molecule has 0 radical (unpaired) electrons. The van der Waals surface area contributed by atoms with Crippen molar-refractivity contribution in [3.05, 3.63) is 23.8 Å². The molecule has 0 saturated carbocycles. The third-order valence-corrected chi connectivity index (χ3v) is 2.53. The summed E-state index contributed by atoms with van der Waals surface area (Å²) >= 11 is 0. The average Bonchev–Trinajstić information content (AvgIpc) is 3.08. The molecule has 1 saturated heterocycles. The van der Waals surface area contributed by atoms with Crippen molar-refractivity contribution in [1.82, 2.24) is 0 Å². The zero-order valence-corrected chi connectivity index (χ0v) is 9.51. The van der Waals surface area contributed by atoms with E-state index in [-0.39, 0.29) is 18.4 Å². The minimum atomic E-state index is -5.70. The lowest BCUT2D eigenvalue weighted by atomic mass is 10.1. The fraction of sp³-hybridized carbons (Fsp3) is 0.455. The Morgan fingerprint density at radius 2 is 1.89 bits per heavy atom. The molecule has 1 heterocycles. The number of rotatable bonds is 4. The Morgan fingerprint density at radius 3 is 2.42 bits per heavy atom. The number of benzene rings is 1. The van der Waals surface area contributed by atoms with Crippen LogP contribution < -0.4 is 10.5 Å². The third kappa shape index (κ3) is 2.89. The van der Waals surface area contributed by atoms with E-state index in [2.05, 4.69) is 0 Å². The van der Waals surface area contributed by atoms with Crippen molar-refractivity contribution in [2.45, 2.75) is 18.2 Å². The standard InChI is InChI=1S/C11H10F5NO2/c12-10(13,11(14,15)16)8-2-1-6(17)3-9(8)19-5-7-4-18-7/h1-3,7H,4-5,17H2/t7-/m0/s1. The Bertz CT molecular complexity index is 471. The van der Waals surface area contributed by atoms with Crippen LogP contribution in [0.15, 0.2) is 18.2 Å². The maximum absolute atomic E-state index is 13.3. The van der Waals surface area contributed by atoms with Crippen LogP contribution in [0.4, 0.5) is 27.6 Å². The van der Waals surface area contributed by atoms with Crippen molar-refractivity contribution in [1.29, 1.82) is 0 Å². The zero-order valence-electron chi connectivity index (χ0n) is 9.51. The van der Waals surface area contributed by atoms with Crippen molar-refractivity contribution in [3.63, 3.8) is 0 Å². The maximum atomic E-state index is 13.3. The molecular formula is C11H10F5NO2. The Kier molecular flexibility index (Phi) is 3.29. The Morgan fingerprint density at radius 1 is 1.26 bits per heavy atom. The van der Waals surface area contributed by atoms with Crippen molar-refractivity contribution in [2.24, 2.45) is 0 Å². The summed E-state index contributed by atoms with van der Waals surface area (Å²) in [6, 6.07) is 2.53. The molecule has 3 nitrogen and oxygen atoms in total. The summed E-state index contributed by atoms with van der Waals surface area (Å²) < 4.78 is 73.4. The molecule has 1 fully saturated rings. The highest BCUT2D eigenvalue weighted by atomic mass is 19.4. The minimum absolute atomic E-state index is 0.0356. The van der Waals surface area contributed by atoms with E-state index in [1.165, 1.54) is 0 Å². The van der Waals surface area contributed by atoms with Gasteiger partial charge in [0.15, 0.2) is 0 Å². The molecular weight excluding hydrogens is 273 g/mol. The molecule has 106 valence electrons. The second-order valence-corrected chi connectivity index (χ2v) is 4.09. The molecule has 19 heavy (non-hydrogen) atoms. The monoisotopic (exact) mass is 283 g/mol. The lowest BCUT2D eigenvalue weighted by Gasteiger charge is -2.22. The first-order valence-corrected chi connectivity index (χ1v) is 5.31. The quantitative estimate of drug-likeness (QED) is 0.525. The predicted molar refractivity (Wildman–Crippen MR) is 56.0 cm³/mol. The molecule has 0 aromatic heterocycles. The van der Waals surface area contributed by atoms with Gasteiger partial charge in [-0.1, -0.05) is 0 Å². The number of nitrogens with two attached hydrogens (primary N) is 1. The number of halogens is 5. The molecule has 0 aliphatic carbocycles. The normalized spacial score (nSPS) is 19.3. The summed E-state index contributed by atoms with van der Waals surface area (Å²) in [6.07, 6.45) is -5.97. The fourth-order valence-corrected chi connectivity index (χ4v) is 1.42. The van der Waals surface area contributed by atoms with Crippen LogP contribution in [-0.2, 0) is 10.7 Å². The zero-order chi connectivity index (χ0) is 14.3. The van der Waals surface area contributed by atoms with Gasteiger partial charge in [-0.15, -0.1) is 0 Å². The van der Waals surface area contributed by atoms with E-state index >= 15 is 0 Å². The smallest absolute Gasteiger partial charge is 0.458 e. The lowest BCUT2D eigenvalue weighted by Crippen LogP contribution is -2.34. The molecule has 8 heteroatoms. The van der Waals surface area contributed by atoms with Crippen LogP contribution in [0.2, 0.25) is 0 Å². The van der Waals surface area contributed by atoms with Crippen molar-refractivity contribution in [3.8, 4) is 5.75 Å². The summed E-state index contributed by atoms with van der Waals surface area (Å²) in [4.78, 5) is 0. The molecule has 1 aromatic rings. The van der Waals surface area contributed by atoms with E-state index in [4.69, 9.17) is 15.2 Å². The first-order chi connectivity index (χ1) is 8.72. The molecule has 1 aliphatic heterocycles. The van der Waals surface area contributed by atoms with Crippen LogP contribution in [0.1, 0.15) is 5.56 Å². The number of hydrogen-bond donors (Lipinski definition) is 1. The van der Waals surface area contributed by atoms with Gasteiger partial charge >= 0.3 is 12.1 Å². The highest BCUT2D eigenvalue weighted by Crippen LogP contribution is 2.47. The van der Waals surface area contributed by atoms with Gasteiger partial charge in [0.05, 0.1) is 12.2 Å². The summed E-state index contributed by atoms with van der Waals surface area (Å²) in [5, 5.41) is 0. The van der Waals surface area contributed by atoms with Gasteiger partial charge in [0, 0.05) is 11.8 Å². The maximum Gasteiger partial charge on any atom is 0.458 e. The van der Waals surface area contributed by atoms with Gasteiger partial charge in [-0.2, -0.15) is 22.0 Å². The average molecular weight is 283 g/mol. The van der Waals surface area contributed by atoms with Gasteiger partial charge in [-0.05, 0) is 12.1 Å². The van der Waals surface area contributed by atoms with Gasteiger partial charge in [-0.3, -0.25) is 0 Å². The minimum Gasteiger partial charge on any atom is -0.490 e. The van der Waals surface area contributed by atoms with Gasteiger partial charge in [0.1, 0.15) is 18.5 Å². The lowest BCUT2D eigenvalue weighted by molar-refractivity contribution is -0.289. The summed E-state index contributed by atoms with van der Waals surface area (Å²) in [5.41, 5.74) is 4.15. The van der Waals surface area contributed by atoms with Crippen molar-refractivity contribution < 1.29 is 31.4 Å². The SMILES string of the molecule is Nc1ccc(C(F)(F)C(F)(F)F)c(OC[C@@H]2CO2)c1. The molecule has 2 rings (SSSR count). The van der Waals surface area contributed by atoms with Gasteiger partial charge in [0.25, 0.3) is 0 Å². The molecule has 0 bridgehead atoms. The van der Waals surface area contributed by atoms with Crippen LogP contribution in [0.5, 0.6) is 5.75 Å². The highest BCUT2D eigenvalue weighted by molar-refractivity contribution is 5.50. The Balaban J connectivity index is 2.32. The van der Waals surface area contributed by atoms with Gasteiger partial charge in [0.2, 0.25) is 0 Å². The second-order valence-electron chi connectivity index (χ2n) is 4.09. The molecule has 1 aliphatic rings. The van der Waals surface area contributed by atoms with E-state index < -0.39 is 23.4 Å². The van der Waals surface area contributed by atoms with E-state index in [9.17, 15) is 22.0 Å². The van der Waals surface area contributed by atoms with E-state index in [0.717, 1.165) is 12.1 Å². The van der Waals surface area contributed by atoms with Crippen LogP contribution >= 0.6 is 0 Å². The number of anilines is 1. The first kappa shape index (κ1) is 13.9. The van der Waals surface area contributed by atoms with Crippen LogP contribution in [0, 0.1) is 0 Å². The largest absolute Gasteiger partial charge is 0.490 e. The van der Waals surface area contributed by atoms with Gasteiger partial charge in [-0.25, -0.2) is 0 Å².